The van der Waals surface area contributed by atoms with Gasteiger partial charge in [-0.1, -0.05) is 17.7 Å². The Hall–Kier alpha value is -3.35. The van der Waals surface area contributed by atoms with Crippen LogP contribution < -0.4 is 11.0 Å². The number of alkyl halides is 6. The van der Waals surface area contributed by atoms with E-state index in [4.69, 9.17) is 11.6 Å². The first-order valence-corrected chi connectivity index (χ1v) is 8.85. The Morgan fingerprint density at radius 1 is 1.09 bits per heavy atom. The van der Waals surface area contributed by atoms with Crippen LogP contribution in [0, 0.1) is 5.82 Å². The van der Waals surface area contributed by atoms with Gasteiger partial charge in [0.2, 0.25) is 0 Å². The SMILES string of the molecule is O=C(NCc1ccc(Cl)c(-c2nn(-c3cc(F)cc(C(F)(F)F)c3)c(=O)[nH]2)c1)C(F)(F)F. The summed E-state index contributed by atoms with van der Waals surface area (Å²) in [5.41, 5.74) is -2.72. The maximum absolute atomic E-state index is 13.7. The first kappa shape index (κ1) is 23.3. The molecule has 6 nitrogen and oxygen atoms in total. The Bertz CT molecular complexity index is 1230. The second-order valence-electron chi connectivity index (χ2n) is 6.38. The molecule has 170 valence electrons. The Morgan fingerprint density at radius 3 is 2.41 bits per heavy atom. The molecule has 2 N–H and O–H groups in total. The predicted molar refractivity (Wildman–Crippen MR) is 97.5 cm³/mol. The van der Waals surface area contributed by atoms with Gasteiger partial charge in [0.05, 0.1) is 16.3 Å². The lowest BCUT2D eigenvalue weighted by Gasteiger charge is -2.09. The van der Waals surface area contributed by atoms with E-state index in [1.807, 2.05) is 0 Å². The van der Waals surface area contributed by atoms with E-state index < -0.39 is 47.6 Å². The van der Waals surface area contributed by atoms with E-state index in [0.717, 1.165) is 0 Å². The van der Waals surface area contributed by atoms with E-state index in [1.54, 1.807) is 5.32 Å². The minimum Gasteiger partial charge on any atom is -0.344 e. The van der Waals surface area contributed by atoms with Gasteiger partial charge >= 0.3 is 23.9 Å². The van der Waals surface area contributed by atoms with Crippen molar-refractivity contribution in [1.82, 2.24) is 20.1 Å². The van der Waals surface area contributed by atoms with Crippen molar-refractivity contribution in [2.45, 2.75) is 18.9 Å². The fraction of sp³-hybridized carbons (Fsp3) is 0.167. The number of nitrogens with one attached hydrogen (secondary N) is 2. The molecule has 32 heavy (non-hydrogen) atoms. The van der Waals surface area contributed by atoms with Crippen molar-refractivity contribution in [2.24, 2.45) is 0 Å². The molecule has 1 amide bonds. The van der Waals surface area contributed by atoms with Crippen molar-refractivity contribution in [3.05, 3.63) is 68.8 Å². The van der Waals surface area contributed by atoms with Crippen LogP contribution in [0.4, 0.5) is 30.7 Å². The number of aromatic amines is 1. The minimum atomic E-state index is -5.08. The topological polar surface area (TPSA) is 79.8 Å². The van der Waals surface area contributed by atoms with Gasteiger partial charge in [0, 0.05) is 12.1 Å². The lowest BCUT2D eigenvalue weighted by molar-refractivity contribution is -0.173. The van der Waals surface area contributed by atoms with Gasteiger partial charge in [0.1, 0.15) is 5.82 Å². The minimum absolute atomic E-state index is 0.00739. The van der Waals surface area contributed by atoms with E-state index >= 15 is 0 Å². The molecule has 0 aliphatic rings. The standard InChI is InChI=1S/C18H10ClF7N4O2/c19-13-2-1-8(7-27-15(31)18(24,25)26)3-12(13)14-28-16(32)30(29-14)11-5-9(17(21,22)23)4-10(20)6-11/h1-6H,7H2,(H,27,31)(H,28,29,32). The molecule has 0 radical (unpaired) electrons. The molecule has 3 rings (SSSR count). The van der Waals surface area contributed by atoms with Crippen LogP contribution in [-0.4, -0.2) is 26.8 Å². The van der Waals surface area contributed by atoms with Crippen molar-refractivity contribution in [2.75, 3.05) is 0 Å². The van der Waals surface area contributed by atoms with Gasteiger partial charge in [0.15, 0.2) is 5.82 Å². The number of amides is 1. The first-order valence-electron chi connectivity index (χ1n) is 8.47. The zero-order valence-corrected chi connectivity index (χ0v) is 16.2. The summed E-state index contributed by atoms with van der Waals surface area (Å²) in [6.45, 7) is -0.535. The smallest absolute Gasteiger partial charge is 0.344 e. The monoisotopic (exact) mass is 482 g/mol. The molecule has 0 unspecified atom stereocenters. The van der Waals surface area contributed by atoms with Crippen molar-refractivity contribution in [1.29, 1.82) is 0 Å². The van der Waals surface area contributed by atoms with Gasteiger partial charge in [-0.3, -0.25) is 9.78 Å². The number of carbonyl (C=O) groups is 1. The largest absolute Gasteiger partial charge is 0.471 e. The number of nitrogens with zero attached hydrogens (tertiary/aromatic N) is 2. The fourth-order valence-electron chi connectivity index (χ4n) is 2.63. The summed E-state index contributed by atoms with van der Waals surface area (Å²) in [6, 6.07) is 5.20. The summed E-state index contributed by atoms with van der Waals surface area (Å²) in [5, 5.41) is 5.46. The molecule has 1 heterocycles. The molecule has 0 saturated carbocycles. The summed E-state index contributed by atoms with van der Waals surface area (Å²) in [5.74, 6) is -3.67. The van der Waals surface area contributed by atoms with Gasteiger partial charge in [-0.25, -0.2) is 9.18 Å². The van der Waals surface area contributed by atoms with Crippen LogP contribution >= 0.6 is 11.6 Å². The van der Waals surface area contributed by atoms with Gasteiger partial charge in [-0.15, -0.1) is 5.10 Å². The Morgan fingerprint density at radius 2 is 1.78 bits per heavy atom. The van der Waals surface area contributed by atoms with E-state index in [0.29, 0.717) is 16.8 Å². The summed E-state index contributed by atoms with van der Waals surface area (Å²) in [7, 11) is 0. The molecule has 14 heteroatoms. The number of rotatable bonds is 4. The van der Waals surface area contributed by atoms with Crippen molar-refractivity contribution in [3.8, 4) is 17.1 Å². The molecule has 2 aromatic carbocycles. The highest BCUT2D eigenvalue weighted by Crippen LogP contribution is 2.31. The third-order valence-electron chi connectivity index (χ3n) is 4.07. The zero-order valence-electron chi connectivity index (χ0n) is 15.4. The molecule has 0 atom stereocenters. The number of hydrogen-bond acceptors (Lipinski definition) is 3. The van der Waals surface area contributed by atoms with Crippen LogP contribution in [0.15, 0.2) is 41.2 Å². The summed E-state index contributed by atoms with van der Waals surface area (Å²) in [4.78, 5) is 25.4. The highest BCUT2D eigenvalue weighted by molar-refractivity contribution is 6.33. The number of aromatic nitrogens is 3. The van der Waals surface area contributed by atoms with E-state index in [1.165, 1.54) is 18.2 Å². The Balaban J connectivity index is 1.97. The highest BCUT2D eigenvalue weighted by Gasteiger charge is 2.38. The van der Waals surface area contributed by atoms with Gasteiger partial charge < -0.3 is 5.32 Å². The van der Waals surface area contributed by atoms with Crippen LogP contribution in [0.25, 0.3) is 17.1 Å². The number of halogens is 8. The Labute approximate surface area is 178 Å². The molecule has 0 spiro atoms. The average Bonchev–Trinajstić information content (AvgIpc) is 3.06. The Kier molecular flexibility index (Phi) is 6.05. The normalized spacial score (nSPS) is 12.1. The zero-order chi connectivity index (χ0) is 23.8. The number of carbonyl (C=O) groups excluding carboxylic acids is 1. The van der Waals surface area contributed by atoms with Crippen LogP contribution in [0.5, 0.6) is 0 Å². The lowest BCUT2D eigenvalue weighted by atomic mass is 10.1. The molecule has 0 bridgehead atoms. The van der Waals surface area contributed by atoms with Crippen LogP contribution in [-0.2, 0) is 17.5 Å². The molecular formula is C18H10ClF7N4O2. The first-order chi connectivity index (χ1) is 14.8. The van der Waals surface area contributed by atoms with Crippen molar-refractivity contribution in [3.63, 3.8) is 0 Å². The third kappa shape index (κ3) is 5.10. The van der Waals surface area contributed by atoms with Crippen LogP contribution in [0.1, 0.15) is 11.1 Å². The van der Waals surface area contributed by atoms with E-state index in [-0.39, 0.29) is 28.0 Å². The van der Waals surface area contributed by atoms with Gasteiger partial charge in [-0.2, -0.15) is 31.0 Å². The summed E-state index contributed by atoms with van der Waals surface area (Å²) < 4.78 is 89.9. The molecule has 0 saturated heterocycles. The average molecular weight is 483 g/mol. The summed E-state index contributed by atoms with van der Waals surface area (Å²) in [6.07, 6.45) is -9.96. The molecule has 0 fully saturated rings. The number of H-pyrrole nitrogens is 1. The van der Waals surface area contributed by atoms with Crippen LogP contribution in [0.3, 0.4) is 0 Å². The summed E-state index contributed by atoms with van der Waals surface area (Å²) >= 11 is 6.04. The molecule has 1 aromatic heterocycles. The molecular weight excluding hydrogens is 473 g/mol. The molecule has 3 aromatic rings. The number of hydrogen-bond donors (Lipinski definition) is 2. The van der Waals surface area contributed by atoms with E-state index in [9.17, 15) is 40.3 Å². The second kappa shape index (κ2) is 8.30. The molecule has 0 aliphatic heterocycles. The van der Waals surface area contributed by atoms with Crippen molar-refractivity contribution >= 4 is 17.5 Å². The maximum Gasteiger partial charge on any atom is 0.471 e. The lowest BCUT2D eigenvalue weighted by Crippen LogP contribution is -2.36. The number of benzene rings is 2. The quantitative estimate of drug-likeness (QED) is 0.547. The fourth-order valence-corrected chi connectivity index (χ4v) is 2.83. The maximum atomic E-state index is 13.7. The van der Waals surface area contributed by atoms with E-state index in [2.05, 4.69) is 10.1 Å². The second-order valence-corrected chi connectivity index (χ2v) is 6.79. The highest BCUT2D eigenvalue weighted by atomic mass is 35.5. The van der Waals surface area contributed by atoms with Gasteiger partial charge in [-0.05, 0) is 35.9 Å². The third-order valence-corrected chi connectivity index (χ3v) is 4.40. The van der Waals surface area contributed by atoms with Gasteiger partial charge in [0.25, 0.3) is 0 Å². The predicted octanol–water partition coefficient (Wildman–Crippen LogP) is 4.22. The van der Waals surface area contributed by atoms with Crippen molar-refractivity contribution < 1.29 is 35.5 Å². The van der Waals surface area contributed by atoms with Crippen LogP contribution in [0.2, 0.25) is 5.02 Å². The molecule has 0 aliphatic carbocycles.